The molecule has 0 bridgehead atoms. The van der Waals surface area contributed by atoms with E-state index in [1.165, 1.54) is 10.5 Å². The van der Waals surface area contributed by atoms with Gasteiger partial charge >= 0.3 is 0 Å². The maximum absolute atomic E-state index is 5.85. The topological polar surface area (TPSA) is 26.0 Å². The van der Waals surface area contributed by atoms with Crippen molar-refractivity contribution < 1.29 is 0 Å². The molecule has 0 spiro atoms. The summed E-state index contributed by atoms with van der Waals surface area (Å²) in [6, 6.07) is 8.78. The first kappa shape index (κ1) is 12.6. The van der Waals surface area contributed by atoms with Crippen LogP contribution in [-0.4, -0.2) is 10.8 Å². The van der Waals surface area contributed by atoms with E-state index in [0.717, 1.165) is 6.42 Å². The molecule has 2 heteroatoms. The number of thioether (sulfide) groups is 1. The molecule has 1 aromatic carbocycles. The van der Waals surface area contributed by atoms with Crippen LogP contribution in [0, 0.1) is 0 Å². The molecule has 84 valence electrons. The zero-order valence-electron chi connectivity index (χ0n) is 10.1. The number of benzene rings is 1. The zero-order valence-corrected chi connectivity index (χ0v) is 10.9. The van der Waals surface area contributed by atoms with Crippen LogP contribution >= 0.6 is 11.8 Å². The standard InChI is InChI=1S/C13H21NS/c1-10(14)9-11-7-5-6-8-12(11)15-13(2,3)4/h5-8,10H,9,14H2,1-4H3. The smallest absolute Gasteiger partial charge is 0.0122 e. The molecule has 0 aliphatic heterocycles. The molecule has 1 unspecified atom stereocenters. The normalized spacial score (nSPS) is 13.9. The van der Waals surface area contributed by atoms with E-state index in [0.29, 0.717) is 0 Å². The predicted octanol–water partition coefficient (Wildman–Crippen LogP) is 3.47. The second-order valence-corrected chi connectivity index (χ2v) is 6.87. The van der Waals surface area contributed by atoms with Crippen molar-refractivity contribution in [3.63, 3.8) is 0 Å². The molecule has 0 heterocycles. The summed E-state index contributed by atoms with van der Waals surface area (Å²) in [4.78, 5) is 1.36. The van der Waals surface area contributed by atoms with Gasteiger partial charge in [-0.05, 0) is 25.0 Å². The highest BCUT2D eigenvalue weighted by Crippen LogP contribution is 2.34. The van der Waals surface area contributed by atoms with Gasteiger partial charge in [0, 0.05) is 15.7 Å². The Balaban J connectivity index is 2.86. The van der Waals surface area contributed by atoms with Crippen LogP contribution in [0.5, 0.6) is 0 Å². The fourth-order valence-electron chi connectivity index (χ4n) is 1.45. The van der Waals surface area contributed by atoms with E-state index in [-0.39, 0.29) is 10.8 Å². The molecule has 2 N–H and O–H groups in total. The Labute approximate surface area is 97.4 Å². The molecule has 1 aromatic rings. The van der Waals surface area contributed by atoms with Crippen LogP contribution in [0.3, 0.4) is 0 Å². The third kappa shape index (κ3) is 4.72. The summed E-state index contributed by atoms with van der Waals surface area (Å²) in [6.07, 6.45) is 0.958. The van der Waals surface area contributed by atoms with Gasteiger partial charge in [0.05, 0.1) is 0 Å². The van der Waals surface area contributed by atoms with Crippen molar-refractivity contribution in [2.24, 2.45) is 5.73 Å². The Hall–Kier alpha value is -0.470. The number of rotatable bonds is 3. The van der Waals surface area contributed by atoms with E-state index in [1.807, 2.05) is 11.8 Å². The minimum Gasteiger partial charge on any atom is -0.328 e. The van der Waals surface area contributed by atoms with Gasteiger partial charge in [0.15, 0.2) is 0 Å². The first-order chi connectivity index (χ1) is 6.88. The SMILES string of the molecule is CC(N)Cc1ccccc1SC(C)(C)C. The molecule has 0 aliphatic rings. The minimum absolute atomic E-state index is 0.228. The molecule has 15 heavy (non-hydrogen) atoms. The summed E-state index contributed by atoms with van der Waals surface area (Å²) in [6.45, 7) is 8.76. The van der Waals surface area contributed by atoms with Crippen molar-refractivity contribution in [3.8, 4) is 0 Å². The third-order valence-corrected chi connectivity index (χ3v) is 3.16. The number of nitrogens with two attached hydrogens (primary N) is 1. The molecule has 1 nitrogen and oxygen atoms in total. The number of hydrogen-bond acceptors (Lipinski definition) is 2. The van der Waals surface area contributed by atoms with Crippen molar-refractivity contribution >= 4 is 11.8 Å². The van der Waals surface area contributed by atoms with Gasteiger partial charge in [-0.1, -0.05) is 39.0 Å². The van der Waals surface area contributed by atoms with E-state index in [4.69, 9.17) is 5.73 Å². The highest BCUT2D eigenvalue weighted by atomic mass is 32.2. The summed E-state index contributed by atoms with van der Waals surface area (Å²) < 4.78 is 0.258. The van der Waals surface area contributed by atoms with E-state index < -0.39 is 0 Å². The van der Waals surface area contributed by atoms with Crippen LogP contribution in [-0.2, 0) is 6.42 Å². The average Bonchev–Trinajstić information content (AvgIpc) is 2.05. The summed E-state index contributed by atoms with van der Waals surface area (Å²) in [5.74, 6) is 0. The van der Waals surface area contributed by atoms with Gasteiger partial charge < -0.3 is 5.73 Å². The molecule has 0 saturated heterocycles. The summed E-state index contributed by atoms with van der Waals surface area (Å²) in [5, 5.41) is 0. The maximum Gasteiger partial charge on any atom is 0.0122 e. The quantitative estimate of drug-likeness (QED) is 0.794. The zero-order chi connectivity index (χ0) is 11.5. The second-order valence-electron chi connectivity index (χ2n) is 5.00. The summed E-state index contributed by atoms with van der Waals surface area (Å²) >= 11 is 1.91. The minimum atomic E-state index is 0.228. The summed E-state index contributed by atoms with van der Waals surface area (Å²) in [7, 11) is 0. The van der Waals surface area contributed by atoms with Crippen LogP contribution in [0.15, 0.2) is 29.2 Å². The van der Waals surface area contributed by atoms with Crippen LogP contribution in [0.4, 0.5) is 0 Å². The summed E-state index contributed by atoms with van der Waals surface area (Å²) in [5.41, 5.74) is 7.22. The Kier molecular flexibility index (Phi) is 4.23. The molecule has 0 amide bonds. The molecular weight excluding hydrogens is 202 g/mol. The molecule has 0 aromatic heterocycles. The lowest BCUT2D eigenvalue weighted by atomic mass is 10.1. The van der Waals surface area contributed by atoms with E-state index in [9.17, 15) is 0 Å². The van der Waals surface area contributed by atoms with Gasteiger partial charge in [0.1, 0.15) is 0 Å². The van der Waals surface area contributed by atoms with Crippen molar-refractivity contribution in [1.82, 2.24) is 0 Å². The molecular formula is C13H21NS. The Morgan fingerprint density at radius 3 is 2.40 bits per heavy atom. The lowest BCUT2D eigenvalue weighted by Gasteiger charge is -2.20. The van der Waals surface area contributed by atoms with Gasteiger partial charge in [-0.3, -0.25) is 0 Å². The van der Waals surface area contributed by atoms with Crippen LogP contribution in [0.1, 0.15) is 33.3 Å². The van der Waals surface area contributed by atoms with Crippen LogP contribution < -0.4 is 5.73 Å². The fourth-order valence-corrected chi connectivity index (χ4v) is 2.54. The third-order valence-electron chi connectivity index (χ3n) is 1.93. The van der Waals surface area contributed by atoms with Gasteiger partial charge in [-0.2, -0.15) is 0 Å². The molecule has 0 fully saturated rings. The maximum atomic E-state index is 5.85. The first-order valence-corrected chi connectivity index (χ1v) is 6.22. The molecule has 0 radical (unpaired) electrons. The lowest BCUT2D eigenvalue weighted by molar-refractivity contribution is 0.727. The molecule has 0 saturated carbocycles. The highest BCUT2D eigenvalue weighted by Gasteiger charge is 2.14. The Morgan fingerprint density at radius 1 is 1.27 bits per heavy atom. The van der Waals surface area contributed by atoms with Crippen LogP contribution in [0.2, 0.25) is 0 Å². The van der Waals surface area contributed by atoms with Crippen LogP contribution in [0.25, 0.3) is 0 Å². The number of hydrogen-bond donors (Lipinski definition) is 1. The Morgan fingerprint density at radius 2 is 1.87 bits per heavy atom. The Bertz CT molecular complexity index is 313. The van der Waals surface area contributed by atoms with Crippen molar-refractivity contribution in [2.75, 3.05) is 0 Å². The predicted molar refractivity (Wildman–Crippen MR) is 69.4 cm³/mol. The monoisotopic (exact) mass is 223 g/mol. The van der Waals surface area contributed by atoms with Crippen molar-refractivity contribution in [2.45, 2.75) is 49.8 Å². The van der Waals surface area contributed by atoms with Crippen molar-refractivity contribution in [3.05, 3.63) is 29.8 Å². The van der Waals surface area contributed by atoms with Crippen molar-refractivity contribution in [1.29, 1.82) is 0 Å². The molecule has 0 aliphatic carbocycles. The van der Waals surface area contributed by atoms with E-state index >= 15 is 0 Å². The largest absolute Gasteiger partial charge is 0.328 e. The first-order valence-electron chi connectivity index (χ1n) is 5.41. The van der Waals surface area contributed by atoms with E-state index in [2.05, 4.69) is 52.0 Å². The lowest BCUT2D eigenvalue weighted by Crippen LogP contribution is -2.18. The van der Waals surface area contributed by atoms with Gasteiger partial charge in [-0.15, -0.1) is 11.8 Å². The fraction of sp³-hybridized carbons (Fsp3) is 0.538. The average molecular weight is 223 g/mol. The molecule has 1 rings (SSSR count). The van der Waals surface area contributed by atoms with Gasteiger partial charge in [-0.25, -0.2) is 0 Å². The molecule has 1 atom stereocenters. The highest BCUT2D eigenvalue weighted by molar-refractivity contribution is 8.00. The van der Waals surface area contributed by atoms with Gasteiger partial charge in [0.2, 0.25) is 0 Å². The van der Waals surface area contributed by atoms with E-state index in [1.54, 1.807) is 0 Å². The van der Waals surface area contributed by atoms with Gasteiger partial charge in [0.25, 0.3) is 0 Å². The second kappa shape index (κ2) is 5.04.